The van der Waals surface area contributed by atoms with Crippen molar-refractivity contribution in [3.63, 3.8) is 0 Å². The molecule has 1 aromatic carbocycles. The van der Waals surface area contributed by atoms with Crippen molar-refractivity contribution in [3.05, 3.63) is 28.2 Å². The molecule has 0 saturated heterocycles. The van der Waals surface area contributed by atoms with Gasteiger partial charge in [0.05, 0.1) is 5.56 Å². The van der Waals surface area contributed by atoms with Crippen LogP contribution in [-0.4, -0.2) is 18.3 Å². The van der Waals surface area contributed by atoms with E-state index in [4.69, 9.17) is 5.11 Å². The predicted octanol–water partition coefficient (Wildman–Crippen LogP) is 4.04. The Morgan fingerprint density at radius 2 is 2.00 bits per heavy atom. The summed E-state index contributed by atoms with van der Waals surface area (Å²) in [5.41, 5.74) is -0.591. The van der Waals surface area contributed by atoms with Crippen LogP contribution in [0.1, 0.15) is 24.8 Å². The average Bonchev–Trinajstić information content (AvgIpc) is 3.07. The van der Waals surface area contributed by atoms with Gasteiger partial charge in [-0.25, -0.2) is 0 Å². The third-order valence-corrected chi connectivity index (χ3v) is 4.03. The molecule has 1 saturated carbocycles. The van der Waals surface area contributed by atoms with E-state index >= 15 is 0 Å². The molecule has 0 unspecified atom stereocenters. The fourth-order valence-corrected chi connectivity index (χ4v) is 2.48. The number of aliphatic hydroxyl groups excluding tert-OH is 1. The van der Waals surface area contributed by atoms with Gasteiger partial charge in [0.2, 0.25) is 0 Å². The highest BCUT2D eigenvalue weighted by molar-refractivity contribution is 9.10. The van der Waals surface area contributed by atoms with Crippen molar-refractivity contribution < 1.29 is 18.3 Å². The first-order chi connectivity index (χ1) is 8.86. The van der Waals surface area contributed by atoms with Crippen LogP contribution in [0.3, 0.4) is 0 Å². The van der Waals surface area contributed by atoms with Crippen molar-refractivity contribution in [2.75, 3.05) is 18.5 Å². The normalized spacial score (nSPS) is 17.3. The highest BCUT2D eigenvalue weighted by Crippen LogP contribution is 2.49. The quantitative estimate of drug-likeness (QED) is 0.849. The van der Waals surface area contributed by atoms with E-state index in [2.05, 4.69) is 21.2 Å². The maximum atomic E-state index is 12.9. The van der Waals surface area contributed by atoms with Gasteiger partial charge in [0.15, 0.2) is 0 Å². The molecule has 106 valence electrons. The van der Waals surface area contributed by atoms with E-state index < -0.39 is 11.7 Å². The van der Waals surface area contributed by atoms with Crippen LogP contribution in [0.5, 0.6) is 0 Å². The Morgan fingerprint density at radius 1 is 1.32 bits per heavy atom. The van der Waals surface area contributed by atoms with Crippen LogP contribution in [0.25, 0.3) is 0 Å². The van der Waals surface area contributed by atoms with E-state index in [1.807, 2.05) is 0 Å². The van der Waals surface area contributed by atoms with Crippen LogP contribution in [0, 0.1) is 5.41 Å². The van der Waals surface area contributed by atoms with Gasteiger partial charge in [0.25, 0.3) is 0 Å². The summed E-state index contributed by atoms with van der Waals surface area (Å²) in [5.74, 6) is 0. The van der Waals surface area contributed by atoms with Crippen LogP contribution < -0.4 is 5.32 Å². The number of aliphatic hydroxyl groups is 1. The zero-order chi connectivity index (χ0) is 14.1. The fourth-order valence-electron chi connectivity index (χ4n) is 2.12. The summed E-state index contributed by atoms with van der Waals surface area (Å²) in [5, 5.41) is 11.8. The third-order valence-electron chi connectivity index (χ3n) is 3.54. The van der Waals surface area contributed by atoms with Gasteiger partial charge in [-0.15, -0.1) is 0 Å². The number of nitrogens with one attached hydrogen (secondary N) is 1. The van der Waals surface area contributed by atoms with Crippen LogP contribution in [0.4, 0.5) is 18.9 Å². The van der Waals surface area contributed by atoms with E-state index in [1.54, 1.807) is 6.07 Å². The topological polar surface area (TPSA) is 32.3 Å². The first-order valence-electron chi connectivity index (χ1n) is 6.08. The average molecular weight is 338 g/mol. The number of halogens is 4. The van der Waals surface area contributed by atoms with Gasteiger partial charge in [-0.3, -0.25) is 0 Å². The molecule has 1 aliphatic carbocycles. The first kappa shape index (κ1) is 14.7. The molecule has 0 amide bonds. The van der Waals surface area contributed by atoms with Gasteiger partial charge in [-0.05, 0) is 42.9 Å². The van der Waals surface area contributed by atoms with Crippen LogP contribution in [0.2, 0.25) is 0 Å². The maximum Gasteiger partial charge on any atom is 0.418 e. The molecule has 0 spiro atoms. The van der Waals surface area contributed by atoms with E-state index in [1.165, 1.54) is 6.07 Å². The highest BCUT2D eigenvalue weighted by atomic mass is 79.9. The predicted molar refractivity (Wildman–Crippen MR) is 71.0 cm³/mol. The minimum absolute atomic E-state index is 0.0231. The Hall–Kier alpha value is -0.750. The summed E-state index contributed by atoms with van der Waals surface area (Å²) in [6.07, 6.45) is -1.82. The second kappa shape index (κ2) is 5.32. The highest BCUT2D eigenvalue weighted by Gasteiger charge is 2.42. The molecule has 2 nitrogen and oxygen atoms in total. The molecular formula is C13H15BrF3NO. The summed E-state index contributed by atoms with van der Waals surface area (Å²) in [6.45, 7) is 0.548. The van der Waals surface area contributed by atoms with Gasteiger partial charge < -0.3 is 10.4 Å². The van der Waals surface area contributed by atoms with Gasteiger partial charge >= 0.3 is 6.18 Å². The number of anilines is 1. The lowest BCUT2D eigenvalue weighted by molar-refractivity contribution is -0.137. The molecule has 2 N–H and O–H groups in total. The smallest absolute Gasteiger partial charge is 0.396 e. The zero-order valence-corrected chi connectivity index (χ0v) is 11.8. The standard InChI is InChI=1S/C13H15BrF3NO/c14-9-1-2-11(10(7-9)13(15,16)17)18-8-12(3-4-12)5-6-19/h1-2,7,18-19H,3-6,8H2. The van der Waals surface area contributed by atoms with Crippen molar-refractivity contribution in [1.82, 2.24) is 0 Å². The van der Waals surface area contributed by atoms with Crippen molar-refractivity contribution in [2.45, 2.75) is 25.4 Å². The van der Waals surface area contributed by atoms with Gasteiger partial charge in [0.1, 0.15) is 0 Å². The van der Waals surface area contributed by atoms with Crippen LogP contribution in [0.15, 0.2) is 22.7 Å². The molecule has 0 radical (unpaired) electrons. The molecular weight excluding hydrogens is 323 g/mol. The molecule has 1 aromatic rings. The maximum absolute atomic E-state index is 12.9. The fraction of sp³-hybridized carbons (Fsp3) is 0.538. The monoisotopic (exact) mass is 337 g/mol. The molecule has 2 rings (SSSR count). The molecule has 6 heteroatoms. The van der Waals surface area contributed by atoms with Crippen molar-refractivity contribution in [3.8, 4) is 0 Å². The molecule has 1 fully saturated rings. The van der Waals surface area contributed by atoms with Crippen LogP contribution >= 0.6 is 15.9 Å². The second-order valence-electron chi connectivity index (χ2n) is 5.01. The lowest BCUT2D eigenvalue weighted by atomic mass is 10.0. The summed E-state index contributed by atoms with van der Waals surface area (Å²) in [6, 6.07) is 4.10. The molecule has 0 atom stereocenters. The minimum Gasteiger partial charge on any atom is -0.396 e. The second-order valence-corrected chi connectivity index (χ2v) is 5.93. The lowest BCUT2D eigenvalue weighted by Gasteiger charge is -2.19. The van der Waals surface area contributed by atoms with Gasteiger partial charge in [-0.1, -0.05) is 15.9 Å². The van der Waals surface area contributed by atoms with Crippen molar-refractivity contribution >= 4 is 21.6 Å². The Balaban J connectivity index is 2.12. The number of benzene rings is 1. The molecule has 0 aromatic heterocycles. The first-order valence-corrected chi connectivity index (χ1v) is 6.87. The number of hydrogen-bond acceptors (Lipinski definition) is 2. The molecule has 0 heterocycles. The Morgan fingerprint density at radius 3 is 2.53 bits per heavy atom. The molecule has 0 aliphatic heterocycles. The summed E-state index contributed by atoms with van der Waals surface area (Å²) < 4.78 is 39.1. The van der Waals surface area contributed by atoms with Crippen molar-refractivity contribution in [2.24, 2.45) is 5.41 Å². The third kappa shape index (κ3) is 3.63. The SMILES string of the molecule is OCCC1(CNc2ccc(Br)cc2C(F)(F)F)CC1. The minimum atomic E-state index is -4.38. The summed E-state index contributed by atoms with van der Waals surface area (Å²) in [7, 11) is 0. The van der Waals surface area contributed by atoms with Gasteiger partial charge in [0, 0.05) is 23.3 Å². The van der Waals surface area contributed by atoms with Crippen molar-refractivity contribution in [1.29, 1.82) is 0 Å². The Kier molecular flexibility index (Phi) is 4.11. The molecule has 19 heavy (non-hydrogen) atoms. The summed E-state index contributed by atoms with van der Waals surface area (Å²) in [4.78, 5) is 0. The van der Waals surface area contributed by atoms with Crippen LogP contribution in [-0.2, 0) is 6.18 Å². The number of alkyl halides is 3. The van der Waals surface area contributed by atoms with Gasteiger partial charge in [-0.2, -0.15) is 13.2 Å². The van der Waals surface area contributed by atoms with E-state index in [9.17, 15) is 13.2 Å². The Labute approximate surface area is 118 Å². The molecule has 1 aliphatic rings. The van der Waals surface area contributed by atoms with E-state index in [0.29, 0.717) is 17.4 Å². The Bertz CT molecular complexity index is 458. The van der Waals surface area contributed by atoms with E-state index in [-0.39, 0.29) is 17.7 Å². The largest absolute Gasteiger partial charge is 0.418 e. The zero-order valence-electron chi connectivity index (χ0n) is 10.2. The number of rotatable bonds is 5. The summed E-state index contributed by atoms with van der Waals surface area (Å²) >= 11 is 3.06. The molecule has 0 bridgehead atoms. The van der Waals surface area contributed by atoms with E-state index in [0.717, 1.165) is 18.9 Å². The lowest BCUT2D eigenvalue weighted by Crippen LogP contribution is -2.19. The number of hydrogen-bond donors (Lipinski definition) is 2.